The van der Waals surface area contributed by atoms with Crippen molar-refractivity contribution in [2.24, 2.45) is 0 Å². The maximum Gasteiger partial charge on any atom is 0.246 e. The number of carbonyl (C=O) groups excluding carboxylic acids is 2. The number of ketones is 1. The Morgan fingerprint density at radius 1 is 1.09 bits per heavy atom. The third-order valence-corrected chi connectivity index (χ3v) is 4.60. The number of nitrogens with one attached hydrogen (secondary N) is 1. The normalized spacial score (nSPS) is 10.5. The minimum absolute atomic E-state index is 0.00817. The first kappa shape index (κ1) is 19.1. The zero-order chi connectivity index (χ0) is 16.5. The summed E-state index contributed by atoms with van der Waals surface area (Å²) in [5.74, 6) is -0.193. The second-order valence-corrected chi connectivity index (χ2v) is 6.21. The second kappa shape index (κ2) is 9.91. The monoisotopic (exact) mass is 419 g/mol. The van der Waals surface area contributed by atoms with Crippen LogP contribution in [0.2, 0.25) is 0 Å². The predicted octanol–water partition coefficient (Wildman–Crippen LogP) is 2.15. The summed E-state index contributed by atoms with van der Waals surface area (Å²) >= 11 is 2.32. The Morgan fingerprint density at radius 2 is 1.64 bits per heavy atom. The van der Waals surface area contributed by atoms with Crippen LogP contribution in [0.5, 0.6) is 0 Å². The Bertz CT molecular complexity index is 508. The fourth-order valence-corrected chi connectivity index (χ4v) is 2.20. The summed E-state index contributed by atoms with van der Waals surface area (Å²) in [4.78, 5) is 22.3. The molecule has 0 atom stereocenters. The number of aryl methyl sites for hydroxylation is 2. The predicted molar refractivity (Wildman–Crippen MR) is 92.8 cm³/mol. The fourth-order valence-electron chi connectivity index (χ4n) is 1.89. The van der Waals surface area contributed by atoms with Gasteiger partial charge in [0, 0.05) is 10.1 Å². The molecule has 1 aromatic rings. The average Bonchev–Trinajstić information content (AvgIpc) is 2.45. The van der Waals surface area contributed by atoms with Crippen LogP contribution in [0.3, 0.4) is 0 Å². The van der Waals surface area contributed by atoms with Gasteiger partial charge in [-0.05, 0) is 60.1 Å². The summed E-state index contributed by atoms with van der Waals surface area (Å²) in [5.41, 5.74) is 3.50. The van der Waals surface area contributed by atoms with Crippen molar-refractivity contribution in [1.29, 1.82) is 0 Å². The highest BCUT2D eigenvalue weighted by atomic mass is 127. The number of Topliss-reactive ketones (excluding diaryl/α,β-unsaturated/α-hetero) is 1. The van der Waals surface area contributed by atoms with E-state index >= 15 is 0 Å². The Balaban J connectivity index is 2.22. The first-order chi connectivity index (χ1) is 10.4. The molecule has 22 heavy (non-hydrogen) atoms. The van der Waals surface area contributed by atoms with E-state index in [-0.39, 0.29) is 24.9 Å². The van der Waals surface area contributed by atoms with Gasteiger partial charge in [-0.15, -0.1) is 0 Å². The number of ether oxygens (including phenoxy) is 2. The lowest BCUT2D eigenvalue weighted by atomic mass is 10.1. The lowest BCUT2D eigenvalue weighted by Gasteiger charge is -2.10. The molecule has 1 rings (SSSR count). The van der Waals surface area contributed by atoms with E-state index in [1.807, 2.05) is 0 Å². The summed E-state index contributed by atoms with van der Waals surface area (Å²) < 4.78 is 11.5. The molecule has 0 saturated heterocycles. The van der Waals surface area contributed by atoms with Crippen LogP contribution in [-0.2, 0) is 25.6 Å². The number of carbonyl (C=O) groups is 2. The van der Waals surface area contributed by atoms with Gasteiger partial charge < -0.3 is 14.8 Å². The molecule has 0 unspecified atom stereocenters. The SMILES string of the molecule is CC(=O)COCCOCC(=O)NCc1cc(C)c(I)c(C)c1. The standard InChI is InChI=1S/C16H22INO4/c1-11-6-14(7-12(2)16(11)17)8-18-15(20)10-22-5-4-21-9-13(3)19/h6-7H,4-5,8-10H2,1-3H3,(H,18,20). The summed E-state index contributed by atoms with van der Waals surface area (Å²) in [6.45, 7) is 6.75. The van der Waals surface area contributed by atoms with Gasteiger partial charge in [0.25, 0.3) is 0 Å². The number of benzene rings is 1. The third-order valence-electron chi connectivity index (χ3n) is 2.90. The minimum atomic E-state index is -0.166. The van der Waals surface area contributed by atoms with Crippen molar-refractivity contribution in [2.75, 3.05) is 26.4 Å². The Labute approximate surface area is 144 Å². The van der Waals surface area contributed by atoms with Crippen molar-refractivity contribution >= 4 is 34.3 Å². The molecule has 0 saturated carbocycles. The van der Waals surface area contributed by atoms with Crippen LogP contribution < -0.4 is 5.32 Å². The number of rotatable bonds is 9. The van der Waals surface area contributed by atoms with Crippen molar-refractivity contribution in [1.82, 2.24) is 5.32 Å². The Hall–Kier alpha value is -0.990. The van der Waals surface area contributed by atoms with Gasteiger partial charge in [0.1, 0.15) is 13.2 Å². The van der Waals surface area contributed by atoms with Crippen LogP contribution in [-0.4, -0.2) is 38.1 Å². The zero-order valence-electron chi connectivity index (χ0n) is 13.2. The van der Waals surface area contributed by atoms with E-state index in [0.29, 0.717) is 19.8 Å². The van der Waals surface area contributed by atoms with E-state index in [2.05, 4.69) is 53.9 Å². The molecule has 1 aromatic carbocycles. The highest BCUT2D eigenvalue weighted by molar-refractivity contribution is 14.1. The summed E-state index contributed by atoms with van der Waals surface area (Å²) in [5, 5.41) is 2.82. The number of halogens is 1. The molecule has 6 heteroatoms. The van der Waals surface area contributed by atoms with Crippen LogP contribution in [0.25, 0.3) is 0 Å². The van der Waals surface area contributed by atoms with Gasteiger partial charge in [0.05, 0.1) is 13.2 Å². The van der Waals surface area contributed by atoms with Crippen LogP contribution in [0.1, 0.15) is 23.6 Å². The molecule has 0 bridgehead atoms. The van der Waals surface area contributed by atoms with Crippen molar-refractivity contribution in [3.8, 4) is 0 Å². The molecule has 0 spiro atoms. The first-order valence-electron chi connectivity index (χ1n) is 7.07. The van der Waals surface area contributed by atoms with E-state index in [4.69, 9.17) is 9.47 Å². The molecule has 0 aliphatic rings. The van der Waals surface area contributed by atoms with Crippen LogP contribution in [0, 0.1) is 17.4 Å². The molecule has 1 N–H and O–H groups in total. The van der Waals surface area contributed by atoms with Gasteiger partial charge >= 0.3 is 0 Å². The first-order valence-corrected chi connectivity index (χ1v) is 8.15. The van der Waals surface area contributed by atoms with Crippen LogP contribution in [0.4, 0.5) is 0 Å². The molecule has 1 amide bonds. The maximum atomic E-state index is 11.7. The van der Waals surface area contributed by atoms with Gasteiger partial charge in [0.2, 0.25) is 5.91 Å². The Morgan fingerprint density at radius 3 is 2.18 bits per heavy atom. The molecule has 0 heterocycles. The molecule has 5 nitrogen and oxygen atoms in total. The molecular weight excluding hydrogens is 397 g/mol. The largest absolute Gasteiger partial charge is 0.371 e. The van der Waals surface area contributed by atoms with E-state index < -0.39 is 0 Å². The number of hydrogen-bond acceptors (Lipinski definition) is 4. The van der Waals surface area contributed by atoms with Crippen LogP contribution in [0.15, 0.2) is 12.1 Å². The Kier molecular flexibility index (Phi) is 8.59. The van der Waals surface area contributed by atoms with E-state index in [0.717, 1.165) is 5.56 Å². The van der Waals surface area contributed by atoms with Crippen molar-refractivity contribution in [3.05, 3.63) is 32.4 Å². The minimum Gasteiger partial charge on any atom is -0.371 e. The van der Waals surface area contributed by atoms with E-state index in [9.17, 15) is 9.59 Å². The van der Waals surface area contributed by atoms with E-state index in [1.165, 1.54) is 21.6 Å². The maximum absolute atomic E-state index is 11.7. The molecule has 0 aromatic heterocycles. The highest BCUT2D eigenvalue weighted by Crippen LogP contribution is 2.18. The molecule has 0 radical (unpaired) electrons. The summed E-state index contributed by atoms with van der Waals surface area (Å²) in [7, 11) is 0. The topological polar surface area (TPSA) is 64.6 Å². The van der Waals surface area contributed by atoms with E-state index in [1.54, 1.807) is 0 Å². The lowest BCUT2D eigenvalue weighted by molar-refractivity contribution is -0.127. The van der Waals surface area contributed by atoms with Crippen LogP contribution >= 0.6 is 22.6 Å². The molecular formula is C16H22INO4. The lowest BCUT2D eigenvalue weighted by Crippen LogP contribution is -2.28. The molecule has 0 aliphatic heterocycles. The van der Waals surface area contributed by atoms with Gasteiger partial charge in [-0.1, -0.05) is 12.1 Å². The van der Waals surface area contributed by atoms with Gasteiger partial charge in [0.15, 0.2) is 5.78 Å². The smallest absolute Gasteiger partial charge is 0.246 e. The number of amides is 1. The third kappa shape index (κ3) is 7.33. The number of hydrogen-bond donors (Lipinski definition) is 1. The van der Waals surface area contributed by atoms with Crippen molar-refractivity contribution < 1.29 is 19.1 Å². The summed E-state index contributed by atoms with van der Waals surface area (Å²) in [6, 6.07) is 4.15. The second-order valence-electron chi connectivity index (χ2n) is 5.13. The molecule has 122 valence electrons. The van der Waals surface area contributed by atoms with Crippen molar-refractivity contribution in [3.63, 3.8) is 0 Å². The van der Waals surface area contributed by atoms with Gasteiger partial charge in [-0.25, -0.2) is 0 Å². The summed E-state index contributed by atoms with van der Waals surface area (Å²) in [6.07, 6.45) is 0. The average molecular weight is 419 g/mol. The highest BCUT2D eigenvalue weighted by Gasteiger charge is 2.05. The molecule has 0 aliphatic carbocycles. The molecule has 0 fully saturated rings. The van der Waals surface area contributed by atoms with Gasteiger partial charge in [-0.2, -0.15) is 0 Å². The quantitative estimate of drug-likeness (QED) is 0.492. The zero-order valence-corrected chi connectivity index (χ0v) is 15.4. The van der Waals surface area contributed by atoms with Gasteiger partial charge in [-0.3, -0.25) is 9.59 Å². The van der Waals surface area contributed by atoms with Crippen molar-refractivity contribution in [2.45, 2.75) is 27.3 Å². The fraction of sp³-hybridized carbons (Fsp3) is 0.500.